The fourth-order valence-corrected chi connectivity index (χ4v) is 4.44. The zero-order valence-corrected chi connectivity index (χ0v) is 18.1. The Bertz CT molecular complexity index is 1590. The smallest absolute Gasteiger partial charge is 0.416 e. The van der Waals surface area contributed by atoms with Crippen LogP contribution in [0.5, 0.6) is 5.88 Å². The maximum atomic E-state index is 13.2. The van der Waals surface area contributed by atoms with Crippen LogP contribution < -0.4 is 11.0 Å². The molecule has 3 aromatic carbocycles. The molecule has 0 radical (unpaired) electrons. The van der Waals surface area contributed by atoms with Gasteiger partial charge >= 0.3 is 6.18 Å². The van der Waals surface area contributed by atoms with Crippen LogP contribution in [-0.2, 0) is 6.18 Å². The van der Waals surface area contributed by atoms with Crippen molar-refractivity contribution in [2.24, 2.45) is 5.10 Å². The van der Waals surface area contributed by atoms with Crippen molar-refractivity contribution in [3.05, 3.63) is 94.3 Å². The maximum Gasteiger partial charge on any atom is 0.416 e. The maximum absolute atomic E-state index is 13.2. The number of para-hydroxylation sites is 1. The highest BCUT2D eigenvalue weighted by Gasteiger charge is 2.31. The summed E-state index contributed by atoms with van der Waals surface area (Å²) in [7, 11) is 0. The van der Waals surface area contributed by atoms with Crippen molar-refractivity contribution in [3.63, 3.8) is 0 Å². The van der Waals surface area contributed by atoms with Gasteiger partial charge in [0.2, 0.25) is 11.0 Å². The first-order valence-corrected chi connectivity index (χ1v) is 10.8. The number of nitrogens with one attached hydrogen (secondary N) is 1. The van der Waals surface area contributed by atoms with Crippen molar-refractivity contribution in [2.75, 3.05) is 5.43 Å². The molecular weight excluding hydrogens is 465 g/mol. The van der Waals surface area contributed by atoms with Crippen LogP contribution in [0.25, 0.3) is 26.7 Å². The second kappa shape index (κ2) is 8.31. The highest BCUT2D eigenvalue weighted by molar-refractivity contribution is 7.22. The number of anilines is 1. The Balaban J connectivity index is 1.62. The zero-order valence-electron chi connectivity index (χ0n) is 17.2. The molecular formula is C24H15F3N4O2S. The van der Waals surface area contributed by atoms with Crippen LogP contribution in [-0.4, -0.2) is 20.9 Å². The molecule has 0 atom stereocenters. The lowest BCUT2D eigenvalue weighted by Crippen LogP contribution is -2.20. The van der Waals surface area contributed by atoms with Crippen LogP contribution in [0.15, 0.2) is 82.7 Å². The molecule has 0 bridgehead atoms. The number of nitrogens with zero attached hydrogens (tertiary/aromatic N) is 3. The largest absolute Gasteiger partial charge is 0.494 e. The molecule has 0 saturated heterocycles. The van der Waals surface area contributed by atoms with Gasteiger partial charge in [0.1, 0.15) is 0 Å². The highest BCUT2D eigenvalue weighted by Crippen LogP contribution is 2.32. The number of hydrogen-bond acceptors (Lipinski definition) is 6. The molecule has 0 saturated carbocycles. The molecule has 0 amide bonds. The summed E-state index contributed by atoms with van der Waals surface area (Å²) in [6.07, 6.45) is -3.29. The Morgan fingerprint density at radius 3 is 2.50 bits per heavy atom. The number of hydrogen-bond donors (Lipinski definition) is 2. The molecule has 0 fully saturated rings. The van der Waals surface area contributed by atoms with Gasteiger partial charge in [0.15, 0.2) is 0 Å². The lowest BCUT2D eigenvalue weighted by molar-refractivity contribution is -0.137. The molecule has 0 spiro atoms. The van der Waals surface area contributed by atoms with Crippen molar-refractivity contribution < 1.29 is 18.3 Å². The van der Waals surface area contributed by atoms with E-state index in [1.807, 2.05) is 24.3 Å². The number of pyridine rings is 1. The summed E-state index contributed by atoms with van der Waals surface area (Å²) < 4.78 is 41.5. The van der Waals surface area contributed by atoms with E-state index < -0.39 is 23.2 Å². The summed E-state index contributed by atoms with van der Waals surface area (Å²) in [6, 6.07) is 18.3. The van der Waals surface area contributed by atoms with E-state index >= 15 is 0 Å². The van der Waals surface area contributed by atoms with E-state index in [0.29, 0.717) is 10.5 Å². The topological polar surface area (TPSA) is 79.5 Å². The number of thiazole rings is 1. The third kappa shape index (κ3) is 3.88. The first kappa shape index (κ1) is 21.7. The number of alkyl halides is 3. The summed E-state index contributed by atoms with van der Waals surface area (Å²) in [6.45, 7) is 0. The van der Waals surface area contributed by atoms with E-state index in [0.717, 1.165) is 26.9 Å². The average molecular weight is 480 g/mol. The molecule has 0 aliphatic rings. The summed E-state index contributed by atoms with van der Waals surface area (Å²) in [5.74, 6) is -0.530. The minimum Gasteiger partial charge on any atom is -0.494 e. The lowest BCUT2D eigenvalue weighted by atomic mass is 10.1. The first-order valence-electron chi connectivity index (χ1n) is 10.0. The third-order valence-corrected chi connectivity index (χ3v) is 6.12. The number of hydrazone groups is 1. The highest BCUT2D eigenvalue weighted by atomic mass is 32.1. The molecule has 2 aromatic heterocycles. The third-order valence-electron chi connectivity index (χ3n) is 5.18. The van der Waals surface area contributed by atoms with Gasteiger partial charge in [0.05, 0.1) is 33.2 Å². The van der Waals surface area contributed by atoms with E-state index in [4.69, 9.17) is 0 Å². The number of halogens is 3. The number of fused-ring (bicyclic) bond motifs is 2. The molecule has 0 unspecified atom stereocenters. The fraction of sp³-hybridized carbons (Fsp3) is 0.0417. The molecule has 10 heteroatoms. The zero-order chi connectivity index (χ0) is 23.9. The molecule has 5 aromatic rings. The Morgan fingerprint density at radius 2 is 1.74 bits per heavy atom. The summed E-state index contributed by atoms with van der Waals surface area (Å²) >= 11 is 1.39. The van der Waals surface area contributed by atoms with Gasteiger partial charge in [-0.3, -0.25) is 10.2 Å². The standard InChI is InChI=1S/C24H15F3N4O2S/c25-24(26,27)14-6-5-7-15(12-14)31-21(32)17-9-2-1-8-16(17)18(22(31)33)13-28-30-23-29-19-10-3-4-11-20(19)34-23/h1-13,33H,(H,29,30)/b28-13+. The van der Waals surface area contributed by atoms with Crippen molar-refractivity contribution in [3.8, 4) is 11.6 Å². The van der Waals surface area contributed by atoms with Gasteiger partial charge in [-0.15, -0.1) is 0 Å². The quantitative estimate of drug-likeness (QED) is 0.253. The number of benzene rings is 3. The van der Waals surface area contributed by atoms with Crippen molar-refractivity contribution in [1.82, 2.24) is 9.55 Å². The number of aromatic hydroxyl groups is 1. The molecule has 34 heavy (non-hydrogen) atoms. The van der Waals surface area contributed by atoms with Crippen molar-refractivity contribution >= 4 is 43.7 Å². The first-order chi connectivity index (χ1) is 16.3. The molecule has 170 valence electrons. The minimum absolute atomic E-state index is 0.114. The second-order valence-electron chi connectivity index (χ2n) is 7.33. The Morgan fingerprint density at radius 1 is 1.00 bits per heavy atom. The van der Waals surface area contributed by atoms with Gasteiger partial charge < -0.3 is 5.11 Å². The Labute approximate surface area is 194 Å². The van der Waals surface area contributed by atoms with Crippen LogP contribution >= 0.6 is 11.3 Å². The van der Waals surface area contributed by atoms with Crippen LogP contribution in [0, 0.1) is 0 Å². The predicted octanol–water partition coefficient (Wildman–Crippen LogP) is 5.77. The predicted molar refractivity (Wildman–Crippen MR) is 127 cm³/mol. The molecule has 5 rings (SSSR count). The van der Waals surface area contributed by atoms with Gasteiger partial charge in [-0.05, 0) is 36.4 Å². The number of rotatable bonds is 4. The van der Waals surface area contributed by atoms with Gasteiger partial charge in [0, 0.05) is 10.8 Å². The molecule has 2 heterocycles. The normalized spacial score (nSPS) is 12.1. The van der Waals surface area contributed by atoms with Crippen molar-refractivity contribution in [1.29, 1.82) is 0 Å². The van der Waals surface area contributed by atoms with Crippen LogP contribution in [0.1, 0.15) is 11.1 Å². The van der Waals surface area contributed by atoms with E-state index in [1.165, 1.54) is 29.7 Å². The lowest BCUT2D eigenvalue weighted by Gasteiger charge is -2.15. The fourth-order valence-electron chi connectivity index (χ4n) is 3.62. The summed E-state index contributed by atoms with van der Waals surface area (Å²) in [4.78, 5) is 17.5. The average Bonchev–Trinajstić information content (AvgIpc) is 3.24. The summed E-state index contributed by atoms with van der Waals surface area (Å²) in [5.41, 5.74) is 2.08. The van der Waals surface area contributed by atoms with E-state index in [9.17, 15) is 23.1 Å². The van der Waals surface area contributed by atoms with Gasteiger partial charge in [-0.1, -0.05) is 47.7 Å². The SMILES string of the molecule is O=c1c2ccccc2c(/C=N/Nc2nc3ccccc3s2)c(O)n1-c1cccc(C(F)(F)F)c1. The number of aromatic nitrogens is 2. The van der Waals surface area contributed by atoms with Crippen molar-refractivity contribution in [2.45, 2.75) is 6.18 Å². The van der Waals surface area contributed by atoms with Gasteiger partial charge in [-0.25, -0.2) is 9.55 Å². The molecule has 0 aliphatic carbocycles. The van der Waals surface area contributed by atoms with Crippen LogP contribution in [0.4, 0.5) is 18.3 Å². The molecule has 2 N–H and O–H groups in total. The molecule has 6 nitrogen and oxygen atoms in total. The van der Waals surface area contributed by atoms with Crippen LogP contribution in [0.2, 0.25) is 0 Å². The molecule has 0 aliphatic heterocycles. The van der Waals surface area contributed by atoms with E-state index in [1.54, 1.807) is 24.3 Å². The minimum atomic E-state index is -4.60. The Hall–Kier alpha value is -4.18. The monoisotopic (exact) mass is 480 g/mol. The second-order valence-corrected chi connectivity index (χ2v) is 8.36. The Kier molecular flexibility index (Phi) is 5.29. The van der Waals surface area contributed by atoms with E-state index in [2.05, 4.69) is 15.5 Å². The van der Waals surface area contributed by atoms with Gasteiger partial charge in [0.25, 0.3) is 5.56 Å². The van der Waals surface area contributed by atoms with Gasteiger partial charge in [-0.2, -0.15) is 18.3 Å². The van der Waals surface area contributed by atoms with Crippen LogP contribution in [0.3, 0.4) is 0 Å². The van der Waals surface area contributed by atoms with E-state index in [-0.39, 0.29) is 16.6 Å². The summed E-state index contributed by atoms with van der Waals surface area (Å²) in [5, 5.41) is 16.3.